The molecule has 1 amide bonds. The number of hydrogen-bond acceptors (Lipinski definition) is 4. The molecule has 0 unspecified atom stereocenters. The van der Waals surface area contributed by atoms with E-state index in [2.05, 4.69) is 0 Å². The van der Waals surface area contributed by atoms with Crippen LogP contribution in [0, 0.1) is 11.8 Å². The minimum absolute atomic E-state index is 0.0445. The molecule has 0 saturated carbocycles. The molecule has 2 atom stereocenters. The number of piperidine rings is 1. The van der Waals surface area contributed by atoms with Crippen LogP contribution in [0.4, 0.5) is 4.79 Å². The van der Waals surface area contributed by atoms with Gasteiger partial charge < -0.3 is 9.64 Å². The van der Waals surface area contributed by atoms with E-state index in [4.69, 9.17) is 4.74 Å². The molecule has 0 aromatic carbocycles. The predicted molar refractivity (Wildman–Crippen MR) is 75.4 cm³/mol. The van der Waals surface area contributed by atoms with E-state index in [1.165, 1.54) is 6.92 Å². The van der Waals surface area contributed by atoms with E-state index in [0.29, 0.717) is 13.1 Å². The van der Waals surface area contributed by atoms with E-state index >= 15 is 0 Å². The van der Waals surface area contributed by atoms with Crippen molar-refractivity contribution in [1.82, 2.24) is 4.90 Å². The standard InChI is InChI=1S/C15H25NO4/c1-10-6-7-16(14(19)20-15(3,4)5)9-12(10)13(18)8-11(2)17/h10,12H,6-9H2,1-5H3/t10-,12+/m1/s1. The zero-order chi connectivity index (χ0) is 15.5. The molecule has 0 aromatic heterocycles. The monoisotopic (exact) mass is 283 g/mol. The van der Waals surface area contributed by atoms with Crippen molar-refractivity contribution in [2.45, 2.75) is 53.1 Å². The van der Waals surface area contributed by atoms with Crippen molar-refractivity contribution in [3.8, 4) is 0 Å². The van der Waals surface area contributed by atoms with Crippen molar-refractivity contribution in [2.24, 2.45) is 11.8 Å². The molecule has 114 valence electrons. The fraction of sp³-hybridized carbons (Fsp3) is 0.800. The second-order valence-electron chi connectivity index (χ2n) is 6.64. The van der Waals surface area contributed by atoms with Crippen LogP contribution in [0.3, 0.4) is 0 Å². The third kappa shape index (κ3) is 4.94. The number of Topliss-reactive ketones (excluding diaryl/α,β-unsaturated/α-hetero) is 2. The summed E-state index contributed by atoms with van der Waals surface area (Å²) >= 11 is 0. The molecule has 0 radical (unpaired) electrons. The SMILES string of the molecule is CC(=O)CC(=O)[C@H]1CN(C(=O)OC(C)(C)C)CC[C@H]1C. The van der Waals surface area contributed by atoms with E-state index in [1.54, 1.807) is 4.90 Å². The van der Waals surface area contributed by atoms with Crippen LogP contribution in [-0.2, 0) is 14.3 Å². The Morgan fingerprint density at radius 3 is 2.35 bits per heavy atom. The molecular formula is C15H25NO4. The highest BCUT2D eigenvalue weighted by atomic mass is 16.6. The van der Waals surface area contributed by atoms with Gasteiger partial charge in [0.1, 0.15) is 17.2 Å². The first-order valence-corrected chi connectivity index (χ1v) is 7.10. The summed E-state index contributed by atoms with van der Waals surface area (Å²) in [5.41, 5.74) is -0.543. The molecule has 1 aliphatic heterocycles. The van der Waals surface area contributed by atoms with E-state index in [0.717, 1.165) is 6.42 Å². The number of rotatable bonds is 3. The first kappa shape index (κ1) is 16.7. The minimum Gasteiger partial charge on any atom is -0.444 e. The highest BCUT2D eigenvalue weighted by Gasteiger charge is 2.35. The number of amides is 1. The Hall–Kier alpha value is -1.39. The molecule has 0 N–H and O–H groups in total. The summed E-state index contributed by atoms with van der Waals surface area (Å²) in [6.45, 7) is 9.80. The van der Waals surface area contributed by atoms with Gasteiger partial charge in [-0.2, -0.15) is 0 Å². The summed E-state index contributed by atoms with van der Waals surface area (Å²) in [7, 11) is 0. The average Bonchev–Trinajstić information content (AvgIpc) is 2.25. The lowest BCUT2D eigenvalue weighted by atomic mass is 9.82. The molecule has 1 aliphatic rings. The Labute approximate surface area is 120 Å². The van der Waals surface area contributed by atoms with E-state index < -0.39 is 5.60 Å². The van der Waals surface area contributed by atoms with Gasteiger partial charge >= 0.3 is 6.09 Å². The topological polar surface area (TPSA) is 63.7 Å². The first-order valence-electron chi connectivity index (χ1n) is 7.10. The van der Waals surface area contributed by atoms with Crippen LogP contribution < -0.4 is 0 Å². The number of ketones is 2. The summed E-state index contributed by atoms with van der Waals surface area (Å²) < 4.78 is 5.33. The van der Waals surface area contributed by atoms with Gasteiger partial charge in [0.15, 0.2) is 0 Å². The molecule has 0 aliphatic carbocycles. The smallest absolute Gasteiger partial charge is 0.410 e. The van der Waals surface area contributed by atoms with Crippen molar-refractivity contribution in [3.05, 3.63) is 0 Å². The summed E-state index contributed by atoms with van der Waals surface area (Å²) in [5.74, 6) is -0.268. The maximum Gasteiger partial charge on any atom is 0.410 e. The molecule has 5 nitrogen and oxygen atoms in total. The molecule has 1 rings (SSSR count). The van der Waals surface area contributed by atoms with Crippen molar-refractivity contribution in [3.63, 3.8) is 0 Å². The second-order valence-corrected chi connectivity index (χ2v) is 6.64. The van der Waals surface area contributed by atoms with Gasteiger partial charge in [-0.15, -0.1) is 0 Å². The number of carbonyl (C=O) groups is 3. The van der Waals surface area contributed by atoms with Crippen LogP contribution in [0.15, 0.2) is 0 Å². The van der Waals surface area contributed by atoms with Gasteiger partial charge in [-0.3, -0.25) is 9.59 Å². The van der Waals surface area contributed by atoms with Crippen LogP contribution in [0.25, 0.3) is 0 Å². The number of ether oxygens (including phenoxy) is 1. The molecule has 20 heavy (non-hydrogen) atoms. The van der Waals surface area contributed by atoms with Gasteiger partial charge in [0.25, 0.3) is 0 Å². The Morgan fingerprint density at radius 1 is 1.25 bits per heavy atom. The first-order chi connectivity index (χ1) is 9.10. The molecule has 0 spiro atoms. The van der Waals surface area contributed by atoms with Crippen LogP contribution in [0.1, 0.15) is 47.5 Å². The highest BCUT2D eigenvalue weighted by molar-refractivity contribution is 5.99. The number of likely N-dealkylation sites (tertiary alicyclic amines) is 1. The third-order valence-electron chi connectivity index (χ3n) is 3.45. The molecule has 0 bridgehead atoms. The van der Waals surface area contributed by atoms with Crippen molar-refractivity contribution in [2.75, 3.05) is 13.1 Å². The normalized spacial score (nSPS) is 23.4. The average molecular weight is 283 g/mol. The van der Waals surface area contributed by atoms with Crippen molar-refractivity contribution < 1.29 is 19.1 Å². The number of nitrogens with zero attached hydrogens (tertiary/aromatic N) is 1. The van der Waals surface area contributed by atoms with E-state index in [-0.39, 0.29) is 35.9 Å². The van der Waals surface area contributed by atoms with Crippen LogP contribution in [0.2, 0.25) is 0 Å². The van der Waals surface area contributed by atoms with Crippen LogP contribution >= 0.6 is 0 Å². The molecule has 1 fully saturated rings. The van der Waals surface area contributed by atoms with E-state index in [9.17, 15) is 14.4 Å². The third-order valence-corrected chi connectivity index (χ3v) is 3.45. The quantitative estimate of drug-likeness (QED) is 0.746. The van der Waals surface area contributed by atoms with Gasteiger partial charge in [-0.1, -0.05) is 6.92 Å². The summed E-state index contributed by atoms with van der Waals surface area (Å²) in [5, 5.41) is 0. The number of carbonyl (C=O) groups excluding carboxylic acids is 3. The van der Waals surface area contributed by atoms with Gasteiger partial charge in [0.05, 0.1) is 6.42 Å². The maximum atomic E-state index is 12.1. The van der Waals surface area contributed by atoms with Gasteiger partial charge in [-0.05, 0) is 40.0 Å². The Balaban J connectivity index is 2.68. The lowest BCUT2D eigenvalue weighted by Crippen LogP contribution is -2.47. The second kappa shape index (κ2) is 6.37. The van der Waals surface area contributed by atoms with Gasteiger partial charge in [0, 0.05) is 19.0 Å². The fourth-order valence-corrected chi connectivity index (χ4v) is 2.36. The molecule has 1 heterocycles. The van der Waals surface area contributed by atoms with E-state index in [1.807, 2.05) is 27.7 Å². The summed E-state index contributed by atoms with van der Waals surface area (Å²) in [6, 6.07) is 0. The fourth-order valence-electron chi connectivity index (χ4n) is 2.36. The molecule has 5 heteroatoms. The molecular weight excluding hydrogens is 258 g/mol. The van der Waals surface area contributed by atoms with Gasteiger partial charge in [-0.25, -0.2) is 4.79 Å². The lowest BCUT2D eigenvalue weighted by molar-refractivity contribution is -0.130. The number of hydrogen-bond donors (Lipinski definition) is 0. The zero-order valence-electron chi connectivity index (χ0n) is 13.1. The summed E-state index contributed by atoms with van der Waals surface area (Å²) in [6.07, 6.45) is 0.329. The maximum absolute atomic E-state index is 12.1. The Bertz CT molecular complexity index is 397. The highest BCUT2D eigenvalue weighted by Crippen LogP contribution is 2.26. The largest absolute Gasteiger partial charge is 0.444 e. The van der Waals surface area contributed by atoms with Gasteiger partial charge in [0.2, 0.25) is 0 Å². The van der Waals surface area contributed by atoms with Crippen LogP contribution in [-0.4, -0.2) is 41.3 Å². The minimum atomic E-state index is -0.543. The Morgan fingerprint density at radius 2 is 1.85 bits per heavy atom. The van der Waals surface area contributed by atoms with Crippen molar-refractivity contribution in [1.29, 1.82) is 0 Å². The molecule has 1 saturated heterocycles. The van der Waals surface area contributed by atoms with Crippen molar-refractivity contribution >= 4 is 17.7 Å². The Kier molecular flexibility index (Phi) is 5.31. The predicted octanol–water partition coefficient (Wildman–Crippen LogP) is 2.43. The zero-order valence-corrected chi connectivity index (χ0v) is 13.1. The summed E-state index contributed by atoms with van der Waals surface area (Å²) in [4.78, 5) is 36.8. The van der Waals surface area contributed by atoms with Crippen LogP contribution in [0.5, 0.6) is 0 Å². The lowest BCUT2D eigenvalue weighted by Gasteiger charge is -2.36. The molecule has 0 aromatic rings.